The van der Waals surface area contributed by atoms with Gasteiger partial charge in [0.2, 0.25) is 5.91 Å². The number of benzene rings is 1. The van der Waals surface area contributed by atoms with E-state index in [1.165, 1.54) is 31.0 Å². The van der Waals surface area contributed by atoms with Gasteiger partial charge in [0.05, 0.1) is 28.3 Å². The SMILES string of the molecule is CC[C@H](C)N(C(=O)CSc1nc2ccccc2n1C1CCCCC1)[C@H]1CCS(=O)(=O)C1. The molecule has 2 aromatic rings. The van der Waals surface area contributed by atoms with E-state index in [4.69, 9.17) is 4.98 Å². The number of carbonyl (C=O) groups excluding carboxylic acids is 1. The minimum Gasteiger partial charge on any atom is -0.335 e. The molecule has 2 heterocycles. The summed E-state index contributed by atoms with van der Waals surface area (Å²) in [5, 5.41) is 0.907. The Morgan fingerprint density at radius 2 is 1.97 bits per heavy atom. The highest BCUT2D eigenvalue weighted by molar-refractivity contribution is 7.99. The number of hydrogen-bond acceptors (Lipinski definition) is 5. The average Bonchev–Trinajstić information content (AvgIpc) is 3.32. The van der Waals surface area contributed by atoms with Crippen LogP contribution in [0.25, 0.3) is 11.0 Å². The third-order valence-corrected chi connectivity index (χ3v) is 9.47. The summed E-state index contributed by atoms with van der Waals surface area (Å²) in [5.41, 5.74) is 2.12. The largest absolute Gasteiger partial charge is 0.335 e. The van der Waals surface area contributed by atoms with Crippen LogP contribution in [0.1, 0.15) is 64.8 Å². The highest BCUT2D eigenvalue weighted by atomic mass is 32.2. The molecule has 1 aliphatic carbocycles. The van der Waals surface area contributed by atoms with Crippen LogP contribution in [0.4, 0.5) is 0 Å². The molecule has 0 bridgehead atoms. The number of nitrogens with zero attached hydrogens (tertiary/aromatic N) is 3. The Balaban J connectivity index is 1.55. The fraction of sp³-hybridized carbons (Fsp3) is 0.652. The molecule has 170 valence electrons. The first-order valence-electron chi connectivity index (χ1n) is 11.5. The molecule has 4 rings (SSSR count). The Labute approximate surface area is 189 Å². The Bertz CT molecular complexity index is 1030. The van der Waals surface area contributed by atoms with Gasteiger partial charge in [-0.25, -0.2) is 13.4 Å². The number of sulfone groups is 1. The minimum atomic E-state index is -3.04. The van der Waals surface area contributed by atoms with Crippen molar-refractivity contribution in [1.82, 2.24) is 14.5 Å². The van der Waals surface area contributed by atoms with E-state index in [0.29, 0.717) is 12.5 Å². The van der Waals surface area contributed by atoms with Gasteiger partial charge in [-0.15, -0.1) is 0 Å². The second-order valence-electron chi connectivity index (χ2n) is 8.95. The number of hydrogen-bond donors (Lipinski definition) is 0. The normalized spacial score (nSPS) is 22.6. The molecule has 1 aliphatic heterocycles. The Kier molecular flexibility index (Phi) is 6.96. The molecule has 2 fully saturated rings. The molecule has 0 N–H and O–H groups in total. The van der Waals surface area contributed by atoms with Crippen LogP contribution in [0.2, 0.25) is 0 Å². The molecule has 0 radical (unpaired) electrons. The molecule has 1 saturated carbocycles. The lowest BCUT2D eigenvalue weighted by Gasteiger charge is -2.33. The number of amides is 1. The molecule has 8 heteroatoms. The lowest BCUT2D eigenvalue weighted by Crippen LogP contribution is -2.47. The van der Waals surface area contributed by atoms with Gasteiger partial charge in [-0.2, -0.15) is 0 Å². The summed E-state index contributed by atoms with van der Waals surface area (Å²) in [6.45, 7) is 4.06. The second kappa shape index (κ2) is 9.53. The summed E-state index contributed by atoms with van der Waals surface area (Å²) >= 11 is 1.50. The lowest BCUT2D eigenvalue weighted by molar-refractivity contribution is -0.132. The average molecular weight is 464 g/mol. The summed E-state index contributed by atoms with van der Waals surface area (Å²) in [5.74, 6) is 0.581. The summed E-state index contributed by atoms with van der Waals surface area (Å²) in [4.78, 5) is 20.0. The monoisotopic (exact) mass is 463 g/mol. The summed E-state index contributed by atoms with van der Waals surface area (Å²) in [6.07, 6.45) is 7.42. The van der Waals surface area contributed by atoms with E-state index in [9.17, 15) is 13.2 Å². The minimum absolute atomic E-state index is 0.0173. The predicted octanol–water partition coefficient (Wildman–Crippen LogP) is 4.45. The van der Waals surface area contributed by atoms with Crippen molar-refractivity contribution < 1.29 is 13.2 Å². The van der Waals surface area contributed by atoms with E-state index < -0.39 is 9.84 Å². The molecule has 1 aromatic carbocycles. The third kappa shape index (κ3) is 4.95. The van der Waals surface area contributed by atoms with Crippen molar-refractivity contribution in [2.24, 2.45) is 0 Å². The van der Waals surface area contributed by atoms with Gasteiger partial charge in [-0.1, -0.05) is 50.1 Å². The topological polar surface area (TPSA) is 72.3 Å². The maximum Gasteiger partial charge on any atom is 0.233 e. The molecule has 1 amide bonds. The Morgan fingerprint density at radius 1 is 1.23 bits per heavy atom. The van der Waals surface area contributed by atoms with E-state index in [2.05, 4.69) is 10.6 Å². The van der Waals surface area contributed by atoms with Crippen LogP contribution in [-0.4, -0.2) is 58.1 Å². The number of carbonyl (C=O) groups is 1. The smallest absolute Gasteiger partial charge is 0.233 e. The van der Waals surface area contributed by atoms with Crippen molar-refractivity contribution in [3.8, 4) is 0 Å². The molecule has 2 aliphatic rings. The van der Waals surface area contributed by atoms with Crippen LogP contribution in [0.15, 0.2) is 29.4 Å². The fourth-order valence-electron chi connectivity index (χ4n) is 5.02. The molecule has 1 saturated heterocycles. The standard InChI is InChI=1S/C23H33N3O3S2/c1-3-17(2)25(19-13-14-31(28,29)16-19)22(27)15-30-23-24-20-11-7-8-12-21(20)26(23)18-9-5-4-6-10-18/h7-8,11-12,17-19H,3-6,9-10,13-16H2,1-2H3/t17-,19-/m0/s1. The zero-order chi connectivity index (χ0) is 22.0. The maximum absolute atomic E-state index is 13.3. The third-order valence-electron chi connectivity index (χ3n) is 6.78. The maximum atomic E-state index is 13.3. The first kappa shape index (κ1) is 22.6. The van der Waals surface area contributed by atoms with Crippen molar-refractivity contribution in [1.29, 1.82) is 0 Å². The molecule has 6 nitrogen and oxygen atoms in total. The van der Waals surface area contributed by atoms with E-state index in [1.807, 2.05) is 36.9 Å². The Morgan fingerprint density at radius 3 is 2.65 bits per heavy atom. The molecule has 0 spiro atoms. The number of imidazole rings is 1. The van der Waals surface area contributed by atoms with Crippen LogP contribution < -0.4 is 0 Å². The fourth-order valence-corrected chi connectivity index (χ4v) is 7.68. The molecule has 31 heavy (non-hydrogen) atoms. The Hall–Kier alpha value is -1.54. The molecular weight excluding hydrogens is 430 g/mol. The first-order valence-corrected chi connectivity index (χ1v) is 14.3. The summed E-state index contributed by atoms with van der Waals surface area (Å²) in [6, 6.07) is 8.48. The quantitative estimate of drug-likeness (QED) is 0.567. The zero-order valence-electron chi connectivity index (χ0n) is 18.5. The number of thioether (sulfide) groups is 1. The number of para-hydroxylation sites is 2. The van der Waals surface area contributed by atoms with E-state index >= 15 is 0 Å². The summed E-state index contributed by atoms with van der Waals surface area (Å²) < 4.78 is 26.4. The van der Waals surface area contributed by atoms with Gasteiger partial charge in [-0.05, 0) is 44.7 Å². The van der Waals surface area contributed by atoms with Crippen LogP contribution in [0.3, 0.4) is 0 Å². The van der Waals surface area contributed by atoms with Gasteiger partial charge in [-0.3, -0.25) is 4.79 Å². The predicted molar refractivity (Wildman–Crippen MR) is 126 cm³/mol. The van der Waals surface area contributed by atoms with Gasteiger partial charge >= 0.3 is 0 Å². The van der Waals surface area contributed by atoms with E-state index in [-0.39, 0.29) is 35.2 Å². The zero-order valence-corrected chi connectivity index (χ0v) is 20.1. The molecule has 0 unspecified atom stereocenters. The van der Waals surface area contributed by atoms with Gasteiger partial charge in [0.1, 0.15) is 0 Å². The van der Waals surface area contributed by atoms with Crippen molar-refractivity contribution in [2.75, 3.05) is 17.3 Å². The molecular formula is C23H33N3O3S2. The first-order chi connectivity index (χ1) is 14.9. The highest BCUT2D eigenvalue weighted by Gasteiger charge is 2.36. The second-order valence-corrected chi connectivity index (χ2v) is 12.1. The number of rotatable bonds is 7. The highest BCUT2D eigenvalue weighted by Crippen LogP contribution is 2.36. The van der Waals surface area contributed by atoms with Crippen molar-refractivity contribution >= 4 is 38.5 Å². The van der Waals surface area contributed by atoms with Crippen molar-refractivity contribution in [3.05, 3.63) is 24.3 Å². The van der Waals surface area contributed by atoms with Crippen molar-refractivity contribution in [2.45, 2.75) is 82.1 Å². The van der Waals surface area contributed by atoms with E-state index in [1.54, 1.807) is 0 Å². The van der Waals surface area contributed by atoms with Crippen molar-refractivity contribution in [3.63, 3.8) is 0 Å². The van der Waals surface area contributed by atoms with E-state index in [0.717, 1.165) is 35.5 Å². The summed E-state index contributed by atoms with van der Waals surface area (Å²) in [7, 11) is -3.04. The number of aromatic nitrogens is 2. The van der Waals surface area contributed by atoms with Gasteiger partial charge in [0.15, 0.2) is 15.0 Å². The van der Waals surface area contributed by atoms with Crippen LogP contribution in [-0.2, 0) is 14.6 Å². The van der Waals surface area contributed by atoms with Gasteiger partial charge in [0, 0.05) is 18.1 Å². The van der Waals surface area contributed by atoms with Crippen LogP contribution >= 0.6 is 11.8 Å². The lowest BCUT2D eigenvalue weighted by atomic mass is 9.95. The van der Waals surface area contributed by atoms with Crippen LogP contribution in [0, 0.1) is 0 Å². The van der Waals surface area contributed by atoms with Gasteiger partial charge < -0.3 is 9.47 Å². The molecule has 2 atom stereocenters. The number of fused-ring (bicyclic) bond motifs is 1. The van der Waals surface area contributed by atoms with Crippen LogP contribution in [0.5, 0.6) is 0 Å². The molecule has 1 aromatic heterocycles. The van der Waals surface area contributed by atoms with Gasteiger partial charge in [0.25, 0.3) is 0 Å².